The summed E-state index contributed by atoms with van der Waals surface area (Å²) < 4.78 is 26.5. The van der Waals surface area contributed by atoms with E-state index in [9.17, 15) is 9.00 Å². The van der Waals surface area contributed by atoms with E-state index in [1.165, 1.54) is 27.0 Å². The van der Waals surface area contributed by atoms with E-state index in [-0.39, 0.29) is 11.5 Å². The zero-order chi connectivity index (χ0) is 23.8. The predicted molar refractivity (Wildman–Crippen MR) is 137 cm³/mol. The van der Waals surface area contributed by atoms with Gasteiger partial charge < -0.3 is 9.47 Å². The molecule has 6 rings (SSSR count). The number of likely N-dealkylation sites (tertiary alicyclic amines) is 1. The Bertz CT molecular complexity index is 1310. The first-order valence-electron chi connectivity index (χ1n) is 11.8. The molecule has 3 aliphatic rings. The monoisotopic (exact) mass is 506 g/mol. The minimum atomic E-state index is -1.48. The second-order valence-corrected chi connectivity index (χ2v) is 11.6. The summed E-state index contributed by atoms with van der Waals surface area (Å²) in [6.45, 7) is 4.27. The fraction of sp³-hybridized carbons (Fsp3) is 0.296. The Balaban J connectivity index is 1.01. The lowest BCUT2D eigenvalue weighted by Crippen LogP contribution is -2.41. The van der Waals surface area contributed by atoms with Crippen molar-refractivity contribution in [3.8, 4) is 5.75 Å². The molecule has 180 valence electrons. The molecule has 6 nitrogen and oxygen atoms in total. The predicted octanol–water partition coefficient (Wildman–Crippen LogP) is 4.48. The van der Waals surface area contributed by atoms with Crippen LogP contribution in [0.1, 0.15) is 39.3 Å². The minimum Gasteiger partial charge on any atom is -0.488 e. The number of nitrogens with one attached hydrogen (secondary N) is 1. The van der Waals surface area contributed by atoms with Crippen LogP contribution in [0.4, 0.5) is 0 Å². The van der Waals surface area contributed by atoms with Crippen molar-refractivity contribution in [2.75, 3.05) is 13.1 Å². The number of benzene rings is 2. The van der Waals surface area contributed by atoms with Crippen LogP contribution in [0.5, 0.6) is 5.75 Å². The maximum atomic E-state index is 11.9. The number of carbonyl (C=O) groups excluding carboxylic acids is 1. The third kappa shape index (κ3) is 4.59. The van der Waals surface area contributed by atoms with Gasteiger partial charge in [-0.3, -0.25) is 14.4 Å². The largest absolute Gasteiger partial charge is 0.488 e. The van der Waals surface area contributed by atoms with Crippen LogP contribution in [-0.4, -0.2) is 28.1 Å². The molecule has 1 amide bonds. The zero-order valence-electron chi connectivity index (χ0n) is 19.2. The average molecular weight is 507 g/mol. The molecule has 4 heterocycles. The molecular weight excluding hydrogens is 480 g/mol. The van der Waals surface area contributed by atoms with Crippen molar-refractivity contribution in [3.05, 3.63) is 93.2 Å². The quantitative estimate of drug-likeness (QED) is 0.534. The highest BCUT2D eigenvalue weighted by atomic mass is 32.2. The number of amides is 1. The summed E-state index contributed by atoms with van der Waals surface area (Å²) in [5.74, 6) is 0.416. The fourth-order valence-corrected chi connectivity index (χ4v) is 6.97. The van der Waals surface area contributed by atoms with E-state index in [1.807, 2.05) is 24.3 Å². The van der Waals surface area contributed by atoms with E-state index in [1.54, 1.807) is 11.3 Å². The Morgan fingerprint density at radius 2 is 1.80 bits per heavy atom. The molecule has 8 heteroatoms. The maximum absolute atomic E-state index is 11.9. The molecule has 0 bridgehead atoms. The molecule has 3 aliphatic heterocycles. The van der Waals surface area contributed by atoms with E-state index in [0.717, 1.165) is 50.4 Å². The standard InChI is InChI=1S/C27H26N2O4S2/c30-26-15-25(35(31)28-26)19-5-7-21(8-6-19)32-18-23-10-9-22(34-23)16-29-13-11-27(12-14-29)24-4-2-1-3-20(24)17-33-27/h1-10,15H,11-14,16-18H2,(H,28,30). The molecule has 2 aromatic carbocycles. The fourth-order valence-electron chi connectivity index (χ4n) is 5.08. The van der Waals surface area contributed by atoms with Gasteiger partial charge >= 0.3 is 0 Å². The summed E-state index contributed by atoms with van der Waals surface area (Å²) in [6, 6.07) is 20.3. The van der Waals surface area contributed by atoms with Crippen molar-refractivity contribution >= 4 is 33.1 Å². The van der Waals surface area contributed by atoms with Gasteiger partial charge in [-0.05, 0) is 53.8 Å². The highest BCUT2D eigenvalue weighted by Gasteiger charge is 2.42. The summed E-state index contributed by atoms with van der Waals surface area (Å²) >= 11 is 1.79. The number of hydrogen-bond acceptors (Lipinski definition) is 6. The third-order valence-corrected chi connectivity index (χ3v) is 9.13. The van der Waals surface area contributed by atoms with Gasteiger partial charge in [0.05, 0.1) is 17.1 Å². The lowest BCUT2D eigenvalue weighted by Gasteiger charge is -2.39. The number of fused-ring (bicyclic) bond motifs is 2. The first kappa shape index (κ1) is 22.7. The Labute approximate surface area is 211 Å². The topological polar surface area (TPSA) is 67.9 Å². The van der Waals surface area contributed by atoms with Gasteiger partial charge in [-0.1, -0.05) is 36.4 Å². The molecule has 3 aromatic rings. The first-order valence-corrected chi connectivity index (χ1v) is 13.7. The average Bonchev–Trinajstić information content (AvgIpc) is 3.57. The molecule has 0 radical (unpaired) electrons. The number of piperidine rings is 1. The van der Waals surface area contributed by atoms with E-state index in [2.05, 4.69) is 46.0 Å². The van der Waals surface area contributed by atoms with E-state index in [0.29, 0.717) is 11.5 Å². The van der Waals surface area contributed by atoms with Crippen LogP contribution in [0, 0.1) is 0 Å². The van der Waals surface area contributed by atoms with Crippen LogP contribution in [0.2, 0.25) is 0 Å². The van der Waals surface area contributed by atoms with Gasteiger partial charge in [-0.2, -0.15) is 0 Å². The van der Waals surface area contributed by atoms with Crippen molar-refractivity contribution in [1.82, 2.24) is 9.62 Å². The molecule has 1 aromatic heterocycles. The van der Waals surface area contributed by atoms with Gasteiger partial charge in [0, 0.05) is 35.5 Å². The van der Waals surface area contributed by atoms with Gasteiger partial charge in [0.2, 0.25) is 0 Å². The van der Waals surface area contributed by atoms with Crippen molar-refractivity contribution in [2.45, 2.75) is 38.2 Å². The molecule has 1 spiro atoms. The van der Waals surface area contributed by atoms with Crippen molar-refractivity contribution in [3.63, 3.8) is 0 Å². The van der Waals surface area contributed by atoms with Crippen LogP contribution in [-0.2, 0) is 45.9 Å². The third-order valence-electron chi connectivity index (χ3n) is 6.95. The van der Waals surface area contributed by atoms with Crippen molar-refractivity contribution < 1.29 is 18.5 Å². The van der Waals surface area contributed by atoms with Gasteiger partial charge in [0.1, 0.15) is 12.4 Å². The summed E-state index contributed by atoms with van der Waals surface area (Å²) in [7, 11) is -1.48. The smallest absolute Gasteiger partial charge is 0.257 e. The second kappa shape index (κ2) is 9.35. The summed E-state index contributed by atoms with van der Waals surface area (Å²) in [5.41, 5.74) is 3.40. The molecule has 1 N–H and O–H groups in total. The normalized spacial score (nSPS) is 21.1. The van der Waals surface area contributed by atoms with Gasteiger partial charge in [-0.15, -0.1) is 11.3 Å². The number of nitrogens with zero attached hydrogens (tertiary/aromatic N) is 1. The van der Waals surface area contributed by atoms with Crippen LogP contribution in [0.3, 0.4) is 0 Å². The number of rotatable bonds is 6. The first-order chi connectivity index (χ1) is 17.1. The zero-order valence-corrected chi connectivity index (χ0v) is 20.8. The second-order valence-electron chi connectivity index (χ2n) is 9.14. The van der Waals surface area contributed by atoms with E-state index < -0.39 is 11.0 Å². The molecule has 35 heavy (non-hydrogen) atoms. The SMILES string of the molecule is O=C1C=C(c2ccc(OCc3ccc(CN4CCC5(CC4)OCc4ccccc45)s3)cc2)S(=O)N1. The van der Waals surface area contributed by atoms with E-state index >= 15 is 0 Å². The van der Waals surface area contributed by atoms with Crippen LogP contribution in [0.15, 0.2) is 66.7 Å². The number of ether oxygens (including phenoxy) is 2. The minimum absolute atomic E-state index is 0.0908. The van der Waals surface area contributed by atoms with Gasteiger partial charge in [-0.25, -0.2) is 4.21 Å². The van der Waals surface area contributed by atoms with Crippen LogP contribution < -0.4 is 9.46 Å². The van der Waals surface area contributed by atoms with E-state index in [4.69, 9.17) is 9.47 Å². The Kier molecular flexibility index (Phi) is 6.06. The Morgan fingerprint density at radius 3 is 2.57 bits per heavy atom. The highest BCUT2D eigenvalue weighted by Crippen LogP contribution is 2.44. The highest BCUT2D eigenvalue weighted by molar-refractivity contribution is 7.93. The number of carbonyl (C=O) groups is 1. The molecular formula is C27H26N2O4S2. The lowest BCUT2D eigenvalue weighted by molar-refractivity contribution is -0.114. The summed E-state index contributed by atoms with van der Waals surface area (Å²) in [6.07, 6.45) is 3.45. The molecule has 1 saturated heterocycles. The van der Waals surface area contributed by atoms with Crippen LogP contribution >= 0.6 is 11.3 Å². The maximum Gasteiger partial charge on any atom is 0.257 e. The molecule has 1 unspecified atom stereocenters. The Morgan fingerprint density at radius 1 is 1.03 bits per heavy atom. The molecule has 1 atom stereocenters. The number of hydrogen-bond donors (Lipinski definition) is 1. The Hall–Kier alpha value is -2.78. The molecule has 0 saturated carbocycles. The van der Waals surface area contributed by atoms with Crippen molar-refractivity contribution in [1.29, 1.82) is 0 Å². The molecule has 1 fully saturated rings. The lowest BCUT2D eigenvalue weighted by atomic mass is 9.84. The van der Waals surface area contributed by atoms with Crippen LogP contribution in [0.25, 0.3) is 4.91 Å². The summed E-state index contributed by atoms with van der Waals surface area (Å²) in [5, 5.41) is 0. The molecule has 0 aliphatic carbocycles. The number of thiophene rings is 1. The van der Waals surface area contributed by atoms with Crippen molar-refractivity contribution in [2.24, 2.45) is 0 Å². The van der Waals surface area contributed by atoms with Gasteiger partial charge in [0.15, 0.2) is 11.0 Å². The van der Waals surface area contributed by atoms with Gasteiger partial charge in [0.25, 0.3) is 5.91 Å². The summed E-state index contributed by atoms with van der Waals surface area (Å²) in [4.78, 5) is 16.9.